The van der Waals surface area contributed by atoms with E-state index in [1.807, 2.05) is 0 Å². The van der Waals surface area contributed by atoms with Crippen molar-refractivity contribution in [2.75, 3.05) is 18.0 Å². The second-order valence-corrected chi connectivity index (χ2v) is 7.86. The quantitative estimate of drug-likeness (QED) is 0.331. The number of nitrogens with zero attached hydrogens (tertiary/aromatic N) is 3. The Labute approximate surface area is 177 Å². The molecule has 0 fully saturated rings. The Bertz CT molecular complexity index is 1050. The van der Waals surface area contributed by atoms with Crippen LogP contribution in [0.4, 0.5) is 5.82 Å². The van der Waals surface area contributed by atoms with Crippen molar-refractivity contribution >= 4 is 5.82 Å². The lowest BCUT2D eigenvalue weighted by Gasteiger charge is -2.36. The van der Waals surface area contributed by atoms with Gasteiger partial charge in [0.2, 0.25) is 0 Å². The second-order valence-electron chi connectivity index (χ2n) is 7.86. The SMILES string of the molecule is CC1=CCN(c2ccn(C(c3ccccc3)(c3ccccc3)c3ccccc3)n2)C1. The summed E-state index contributed by atoms with van der Waals surface area (Å²) in [7, 11) is 0. The molecular formula is C27H25N3. The van der Waals surface area contributed by atoms with E-state index in [1.165, 1.54) is 22.3 Å². The number of aromatic nitrogens is 2. The standard InChI is InChI=1S/C27H25N3/c1-22-17-19-29(21-22)26-18-20-30(28-26)27(23-11-5-2-6-12-23,24-13-7-3-8-14-24)25-15-9-4-10-16-25/h2-18,20H,19,21H2,1H3. The molecule has 3 aromatic carbocycles. The van der Waals surface area contributed by atoms with Gasteiger partial charge in [-0.3, -0.25) is 4.68 Å². The maximum absolute atomic E-state index is 5.14. The molecule has 0 bridgehead atoms. The molecule has 3 heteroatoms. The van der Waals surface area contributed by atoms with Gasteiger partial charge in [-0.05, 0) is 23.6 Å². The summed E-state index contributed by atoms with van der Waals surface area (Å²) in [6.07, 6.45) is 4.40. The lowest BCUT2D eigenvalue weighted by Crippen LogP contribution is -2.38. The monoisotopic (exact) mass is 391 g/mol. The van der Waals surface area contributed by atoms with Crippen LogP contribution in [0.15, 0.2) is 115 Å². The van der Waals surface area contributed by atoms with Gasteiger partial charge < -0.3 is 4.90 Å². The molecule has 0 spiro atoms. The first-order valence-corrected chi connectivity index (χ1v) is 10.4. The Kier molecular flexibility index (Phi) is 4.72. The summed E-state index contributed by atoms with van der Waals surface area (Å²) in [6.45, 7) is 4.03. The van der Waals surface area contributed by atoms with Crippen molar-refractivity contribution in [3.05, 3.63) is 132 Å². The van der Waals surface area contributed by atoms with Gasteiger partial charge in [-0.15, -0.1) is 0 Å². The van der Waals surface area contributed by atoms with E-state index in [2.05, 4.69) is 126 Å². The van der Waals surface area contributed by atoms with Crippen LogP contribution in [0, 0.1) is 0 Å². The van der Waals surface area contributed by atoms with Crippen LogP contribution in [-0.4, -0.2) is 22.9 Å². The maximum atomic E-state index is 5.14. The van der Waals surface area contributed by atoms with E-state index in [-0.39, 0.29) is 0 Å². The summed E-state index contributed by atoms with van der Waals surface area (Å²) in [4.78, 5) is 2.32. The van der Waals surface area contributed by atoms with Crippen LogP contribution in [0.2, 0.25) is 0 Å². The molecule has 30 heavy (non-hydrogen) atoms. The molecule has 2 heterocycles. The van der Waals surface area contributed by atoms with Crippen LogP contribution < -0.4 is 4.90 Å². The number of anilines is 1. The summed E-state index contributed by atoms with van der Waals surface area (Å²) in [6, 6.07) is 34.2. The maximum Gasteiger partial charge on any atom is 0.151 e. The van der Waals surface area contributed by atoms with E-state index >= 15 is 0 Å². The van der Waals surface area contributed by atoms with Crippen LogP contribution in [-0.2, 0) is 5.54 Å². The van der Waals surface area contributed by atoms with Crippen molar-refractivity contribution < 1.29 is 0 Å². The fourth-order valence-corrected chi connectivity index (χ4v) is 4.48. The molecule has 0 atom stereocenters. The lowest BCUT2D eigenvalue weighted by atomic mass is 9.77. The predicted octanol–water partition coefficient (Wildman–Crippen LogP) is 5.49. The Morgan fingerprint density at radius 3 is 1.63 bits per heavy atom. The Balaban J connectivity index is 1.76. The van der Waals surface area contributed by atoms with E-state index in [0.717, 1.165) is 18.9 Å². The van der Waals surface area contributed by atoms with Crippen molar-refractivity contribution in [3.63, 3.8) is 0 Å². The first-order valence-electron chi connectivity index (χ1n) is 10.4. The van der Waals surface area contributed by atoms with E-state index in [9.17, 15) is 0 Å². The molecule has 5 rings (SSSR count). The van der Waals surface area contributed by atoms with Gasteiger partial charge in [-0.1, -0.05) is 103 Å². The highest BCUT2D eigenvalue weighted by Gasteiger charge is 2.39. The summed E-state index contributed by atoms with van der Waals surface area (Å²) >= 11 is 0. The Morgan fingerprint density at radius 2 is 1.20 bits per heavy atom. The highest BCUT2D eigenvalue weighted by molar-refractivity contribution is 5.52. The lowest BCUT2D eigenvalue weighted by molar-refractivity contribution is 0.460. The molecule has 0 N–H and O–H groups in total. The molecule has 1 aromatic heterocycles. The summed E-state index contributed by atoms with van der Waals surface area (Å²) in [5.41, 5.74) is 4.41. The smallest absolute Gasteiger partial charge is 0.151 e. The average molecular weight is 392 g/mol. The van der Waals surface area contributed by atoms with Crippen LogP contribution in [0.25, 0.3) is 0 Å². The predicted molar refractivity (Wildman–Crippen MR) is 123 cm³/mol. The zero-order valence-electron chi connectivity index (χ0n) is 17.1. The minimum atomic E-state index is -0.551. The molecule has 1 aliphatic rings. The largest absolute Gasteiger partial charge is 0.347 e. The van der Waals surface area contributed by atoms with Crippen LogP contribution >= 0.6 is 0 Å². The fraction of sp³-hybridized carbons (Fsp3) is 0.148. The molecule has 4 aromatic rings. The number of benzene rings is 3. The molecular weight excluding hydrogens is 366 g/mol. The van der Waals surface area contributed by atoms with Gasteiger partial charge in [0, 0.05) is 25.4 Å². The molecule has 0 radical (unpaired) electrons. The van der Waals surface area contributed by atoms with Crippen molar-refractivity contribution in [3.8, 4) is 0 Å². The van der Waals surface area contributed by atoms with Crippen molar-refractivity contribution in [1.29, 1.82) is 0 Å². The topological polar surface area (TPSA) is 21.1 Å². The molecule has 3 nitrogen and oxygen atoms in total. The molecule has 148 valence electrons. The molecule has 0 amide bonds. The van der Waals surface area contributed by atoms with Crippen molar-refractivity contribution in [1.82, 2.24) is 9.78 Å². The van der Waals surface area contributed by atoms with Crippen molar-refractivity contribution in [2.24, 2.45) is 0 Å². The number of rotatable bonds is 5. The number of hydrogen-bond acceptors (Lipinski definition) is 2. The summed E-state index contributed by atoms with van der Waals surface area (Å²) < 4.78 is 2.13. The molecule has 0 saturated carbocycles. The van der Waals surface area contributed by atoms with Gasteiger partial charge in [-0.25, -0.2) is 0 Å². The third kappa shape index (κ3) is 3.03. The summed E-state index contributed by atoms with van der Waals surface area (Å²) in [5, 5.41) is 5.14. The Morgan fingerprint density at radius 1 is 0.700 bits per heavy atom. The highest BCUT2D eigenvalue weighted by atomic mass is 15.4. The van der Waals surface area contributed by atoms with Crippen LogP contribution in [0.3, 0.4) is 0 Å². The first-order chi connectivity index (χ1) is 14.8. The molecule has 0 aliphatic carbocycles. The highest BCUT2D eigenvalue weighted by Crippen LogP contribution is 2.40. The van der Waals surface area contributed by atoms with Gasteiger partial charge in [0.1, 0.15) is 5.54 Å². The van der Waals surface area contributed by atoms with E-state index < -0.39 is 5.54 Å². The van der Waals surface area contributed by atoms with Gasteiger partial charge in [-0.2, -0.15) is 5.10 Å². The minimum absolute atomic E-state index is 0.551. The molecule has 0 saturated heterocycles. The third-order valence-corrected chi connectivity index (χ3v) is 5.92. The molecule has 0 unspecified atom stereocenters. The fourth-order valence-electron chi connectivity index (χ4n) is 4.48. The third-order valence-electron chi connectivity index (χ3n) is 5.92. The zero-order valence-corrected chi connectivity index (χ0v) is 17.1. The average Bonchev–Trinajstić information content (AvgIpc) is 3.46. The Hall–Kier alpha value is -3.59. The van der Waals surface area contributed by atoms with Gasteiger partial charge >= 0.3 is 0 Å². The van der Waals surface area contributed by atoms with Crippen molar-refractivity contribution in [2.45, 2.75) is 12.5 Å². The van der Waals surface area contributed by atoms with E-state index in [4.69, 9.17) is 5.10 Å². The van der Waals surface area contributed by atoms with Crippen LogP contribution in [0.1, 0.15) is 23.6 Å². The molecule has 1 aliphatic heterocycles. The normalized spacial score (nSPS) is 14.0. The summed E-state index contributed by atoms with van der Waals surface area (Å²) in [5.74, 6) is 1.01. The number of hydrogen-bond donors (Lipinski definition) is 0. The van der Waals surface area contributed by atoms with E-state index in [1.54, 1.807) is 0 Å². The van der Waals surface area contributed by atoms with Gasteiger partial charge in [0.05, 0.1) is 0 Å². The zero-order chi connectivity index (χ0) is 20.4. The van der Waals surface area contributed by atoms with Crippen LogP contribution in [0.5, 0.6) is 0 Å². The van der Waals surface area contributed by atoms with E-state index in [0.29, 0.717) is 0 Å². The minimum Gasteiger partial charge on any atom is -0.347 e. The first kappa shape index (κ1) is 18.4. The van der Waals surface area contributed by atoms with Gasteiger partial charge in [0.25, 0.3) is 0 Å². The van der Waals surface area contributed by atoms with Gasteiger partial charge in [0.15, 0.2) is 5.82 Å². The second kappa shape index (κ2) is 7.68.